The maximum atomic E-state index is 12.7. The van der Waals surface area contributed by atoms with Crippen molar-refractivity contribution in [1.29, 1.82) is 0 Å². The number of anilines is 1. The van der Waals surface area contributed by atoms with E-state index in [-0.39, 0.29) is 10.8 Å². The van der Waals surface area contributed by atoms with Crippen LogP contribution in [0.15, 0.2) is 47.4 Å². The average Bonchev–Trinajstić information content (AvgIpc) is 3.10. The molecule has 0 fully saturated rings. The van der Waals surface area contributed by atoms with Gasteiger partial charge in [-0.1, -0.05) is 12.1 Å². The molecule has 2 aromatic carbocycles. The van der Waals surface area contributed by atoms with Crippen LogP contribution in [0.4, 0.5) is 5.69 Å². The number of nitrogens with zero attached hydrogens (tertiary/aromatic N) is 1. The molecule has 3 rings (SSSR count). The fourth-order valence-corrected chi connectivity index (χ4v) is 4.44. The molecule has 1 amide bonds. The number of aryl methyl sites for hydroxylation is 2. The lowest BCUT2D eigenvalue weighted by atomic mass is 10.1. The van der Waals surface area contributed by atoms with Gasteiger partial charge in [0, 0.05) is 24.3 Å². The minimum atomic E-state index is -3.68. The Kier molecular flexibility index (Phi) is 5.32. The summed E-state index contributed by atoms with van der Waals surface area (Å²) in [5.41, 5.74) is 3.21. The van der Waals surface area contributed by atoms with E-state index in [1.165, 1.54) is 5.56 Å². The van der Waals surface area contributed by atoms with Crippen molar-refractivity contribution in [2.75, 3.05) is 17.8 Å². The van der Waals surface area contributed by atoms with Crippen molar-refractivity contribution >= 4 is 21.6 Å². The monoisotopic (exact) mass is 372 g/mol. The number of fused-ring (bicyclic) bond motifs is 1. The minimum Gasteiger partial charge on any atom is -0.339 e. The van der Waals surface area contributed by atoms with E-state index >= 15 is 0 Å². The Morgan fingerprint density at radius 3 is 2.50 bits per heavy atom. The van der Waals surface area contributed by atoms with Crippen molar-refractivity contribution in [3.63, 3.8) is 0 Å². The van der Waals surface area contributed by atoms with Crippen molar-refractivity contribution in [3.05, 3.63) is 59.2 Å². The van der Waals surface area contributed by atoms with Crippen molar-refractivity contribution < 1.29 is 13.2 Å². The van der Waals surface area contributed by atoms with Crippen molar-refractivity contribution in [3.8, 4) is 0 Å². The summed E-state index contributed by atoms with van der Waals surface area (Å²) in [4.78, 5) is 14.4. The lowest BCUT2D eigenvalue weighted by molar-refractivity contribution is 0.0773. The zero-order valence-corrected chi connectivity index (χ0v) is 16.0. The Bertz CT molecular complexity index is 918. The lowest BCUT2D eigenvalue weighted by Crippen LogP contribution is -2.30. The largest absolute Gasteiger partial charge is 0.339 e. The van der Waals surface area contributed by atoms with Crippen molar-refractivity contribution in [2.24, 2.45) is 0 Å². The van der Waals surface area contributed by atoms with Crippen LogP contribution >= 0.6 is 0 Å². The van der Waals surface area contributed by atoms with Crippen LogP contribution in [0.1, 0.15) is 41.8 Å². The molecule has 1 N–H and O–H groups in total. The van der Waals surface area contributed by atoms with Gasteiger partial charge in [0.25, 0.3) is 15.9 Å². The second-order valence-electron chi connectivity index (χ2n) is 6.45. The first-order chi connectivity index (χ1) is 12.4. The summed E-state index contributed by atoms with van der Waals surface area (Å²) in [6.07, 6.45) is 3.01. The molecular formula is C20H24N2O3S. The molecule has 1 aliphatic rings. The summed E-state index contributed by atoms with van der Waals surface area (Å²) < 4.78 is 28.0. The highest BCUT2D eigenvalue weighted by atomic mass is 32.2. The van der Waals surface area contributed by atoms with Crippen LogP contribution in [0.25, 0.3) is 0 Å². The second-order valence-corrected chi connectivity index (χ2v) is 8.13. The van der Waals surface area contributed by atoms with Crippen LogP contribution in [0, 0.1) is 0 Å². The third-order valence-corrected chi connectivity index (χ3v) is 6.17. The highest BCUT2D eigenvalue weighted by molar-refractivity contribution is 7.92. The molecule has 5 nitrogen and oxygen atoms in total. The zero-order chi connectivity index (χ0) is 18.7. The van der Waals surface area contributed by atoms with E-state index in [2.05, 4.69) is 4.72 Å². The Morgan fingerprint density at radius 2 is 1.77 bits per heavy atom. The number of sulfonamides is 1. The van der Waals surface area contributed by atoms with Crippen LogP contribution in [0.3, 0.4) is 0 Å². The number of benzene rings is 2. The first-order valence-electron chi connectivity index (χ1n) is 8.98. The molecule has 2 aromatic rings. The first kappa shape index (κ1) is 18.5. The normalized spacial score (nSPS) is 13.3. The lowest BCUT2D eigenvalue weighted by Gasteiger charge is -2.19. The molecule has 0 spiro atoms. The first-order valence-corrected chi connectivity index (χ1v) is 10.5. The number of carbonyl (C=O) groups excluding carboxylic acids is 1. The third kappa shape index (κ3) is 3.75. The molecule has 1 aliphatic carbocycles. The predicted octanol–water partition coefficient (Wildman–Crippen LogP) is 3.46. The summed E-state index contributed by atoms with van der Waals surface area (Å²) in [5.74, 6) is -0.103. The molecule has 0 unspecified atom stereocenters. The van der Waals surface area contributed by atoms with Crippen LogP contribution in [-0.2, 0) is 22.9 Å². The smallest absolute Gasteiger partial charge is 0.261 e. The topological polar surface area (TPSA) is 66.5 Å². The Morgan fingerprint density at radius 1 is 1.04 bits per heavy atom. The number of amides is 1. The van der Waals surface area contributed by atoms with Crippen molar-refractivity contribution in [2.45, 2.75) is 38.0 Å². The fourth-order valence-electron chi connectivity index (χ4n) is 3.34. The van der Waals surface area contributed by atoms with Gasteiger partial charge in [-0.15, -0.1) is 0 Å². The van der Waals surface area contributed by atoms with Gasteiger partial charge in [0.05, 0.1) is 4.90 Å². The predicted molar refractivity (Wildman–Crippen MR) is 103 cm³/mol. The highest BCUT2D eigenvalue weighted by Gasteiger charge is 2.19. The molecule has 0 saturated heterocycles. The van der Waals surface area contributed by atoms with Gasteiger partial charge < -0.3 is 4.90 Å². The fraction of sp³-hybridized carbons (Fsp3) is 0.350. The zero-order valence-electron chi connectivity index (χ0n) is 15.2. The van der Waals surface area contributed by atoms with Crippen LogP contribution < -0.4 is 4.72 Å². The second kappa shape index (κ2) is 7.50. The highest BCUT2D eigenvalue weighted by Crippen LogP contribution is 2.26. The Labute approximate surface area is 155 Å². The standard InChI is InChI=1S/C20H24N2O3S/c1-3-22(4-2)20(23)17-9-6-10-18(13-17)21-26(24,25)19-12-11-15-7-5-8-16(15)14-19/h6,9-14,21H,3-5,7-8H2,1-2H3. The minimum absolute atomic E-state index is 0.103. The third-order valence-electron chi connectivity index (χ3n) is 4.79. The summed E-state index contributed by atoms with van der Waals surface area (Å²) in [6, 6.07) is 11.9. The van der Waals surface area contributed by atoms with Gasteiger partial charge in [0.1, 0.15) is 0 Å². The van der Waals surface area contributed by atoms with Crippen LogP contribution in [0.2, 0.25) is 0 Å². The summed E-state index contributed by atoms with van der Waals surface area (Å²) >= 11 is 0. The molecule has 0 atom stereocenters. The number of nitrogens with one attached hydrogen (secondary N) is 1. The number of hydrogen-bond donors (Lipinski definition) is 1. The van der Waals surface area contributed by atoms with Gasteiger partial charge in [-0.05, 0) is 74.6 Å². The van der Waals surface area contributed by atoms with Gasteiger partial charge in [0.2, 0.25) is 0 Å². The van der Waals surface area contributed by atoms with E-state index in [0.717, 1.165) is 24.8 Å². The Balaban J connectivity index is 1.84. The number of carbonyl (C=O) groups is 1. The van der Waals surface area contributed by atoms with Gasteiger partial charge >= 0.3 is 0 Å². The van der Waals surface area contributed by atoms with E-state index in [0.29, 0.717) is 24.3 Å². The van der Waals surface area contributed by atoms with Crippen molar-refractivity contribution in [1.82, 2.24) is 4.90 Å². The molecule has 6 heteroatoms. The molecule has 0 aromatic heterocycles. The van der Waals surface area contributed by atoms with Gasteiger partial charge in [-0.25, -0.2) is 8.42 Å². The molecule has 0 bridgehead atoms. The molecule has 0 heterocycles. The summed E-state index contributed by atoms with van der Waals surface area (Å²) in [7, 11) is -3.68. The molecule has 26 heavy (non-hydrogen) atoms. The van der Waals surface area contributed by atoms with E-state index in [1.807, 2.05) is 19.9 Å². The number of rotatable bonds is 6. The van der Waals surface area contributed by atoms with Crippen LogP contribution in [-0.4, -0.2) is 32.3 Å². The van der Waals surface area contributed by atoms with E-state index in [9.17, 15) is 13.2 Å². The maximum Gasteiger partial charge on any atom is 0.261 e. The van der Waals surface area contributed by atoms with E-state index in [1.54, 1.807) is 41.3 Å². The number of hydrogen-bond acceptors (Lipinski definition) is 3. The molecule has 0 aliphatic heterocycles. The molecular weight excluding hydrogens is 348 g/mol. The molecule has 138 valence electrons. The quantitative estimate of drug-likeness (QED) is 0.844. The summed E-state index contributed by atoms with van der Waals surface area (Å²) in [5, 5.41) is 0. The van der Waals surface area contributed by atoms with Gasteiger partial charge in [-0.3, -0.25) is 9.52 Å². The maximum absolute atomic E-state index is 12.7. The van der Waals surface area contributed by atoms with E-state index < -0.39 is 10.0 Å². The summed E-state index contributed by atoms with van der Waals surface area (Å²) in [6.45, 7) is 5.06. The average molecular weight is 372 g/mol. The van der Waals surface area contributed by atoms with E-state index in [4.69, 9.17) is 0 Å². The molecule has 0 radical (unpaired) electrons. The van der Waals surface area contributed by atoms with Gasteiger partial charge in [-0.2, -0.15) is 0 Å². The Hall–Kier alpha value is -2.34. The van der Waals surface area contributed by atoms with Crippen LogP contribution in [0.5, 0.6) is 0 Å². The SMILES string of the molecule is CCN(CC)C(=O)c1cccc(NS(=O)(=O)c2ccc3c(c2)CCC3)c1. The molecule has 0 saturated carbocycles. The van der Waals surface area contributed by atoms with Gasteiger partial charge in [0.15, 0.2) is 0 Å².